The monoisotopic (exact) mass is 392 g/mol. The van der Waals surface area contributed by atoms with Crippen molar-refractivity contribution in [3.05, 3.63) is 71.1 Å². The van der Waals surface area contributed by atoms with Crippen molar-refractivity contribution in [2.24, 2.45) is 0 Å². The number of benzene rings is 2. The van der Waals surface area contributed by atoms with Gasteiger partial charge in [0, 0.05) is 24.3 Å². The molecule has 0 aliphatic carbocycles. The number of thiophene rings is 1. The van der Waals surface area contributed by atoms with Gasteiger partial charge in [0.1, 0.15) is 0 Å². The van der Waals surface area contributed by atoms with Gasteiger partial charge in [-0.05, 0) is 35.7 Å². The van der Waals surface area contributed by atoms with Crippen LogP contribution in [-0.2, 0) is 11.2 Å². The lowest BCUT2D eigenvalue weighted by atomic mass is 10.1. The number of nitrogens with one attached hydrogen (secondary N) is 1. The minimum Gasteiger partial charge on any atom is -0.378 e. The van der Waals surface area contributed by atoms with Crippen molar-refractivity contribution in [3.8, 4) is 11.1 Å². The number of anilines is 2. The fourth-order valence-electron chi connectivity index (χ4n) is 3.38. The fourth-order valence-corrected chi connectivity index (χ4v) is 4.51. The molecule has 2 aromatic carbocycles. The van der Waals surface area contributed by atoms with Crippen molar-refractivity contribution in [2.75, 3.05) is 36.5 Å². The summed E-state index contributed by atoms with van der Waals surface area (Å²) in [5.41, 5.74) is 4.29. The maximum atomic E-state index is 12.9. The van der Waals surface area contributed by atoms with Crippen molar-refractivity contribution >= 4 is 27.9 Å². The number of amides is 1. The van der Waals surface area contributed by atoms with Crippen LogP contribution in [-0.4, -0.2) is 32.2 Å². The fraction of sp³-hybridized carbons (Fsp3) is 0.261. The zero-order valence-corrected chi connectivity index (χ0v) is 16.8. The predicted octanol–water partition coefficient (Wildman–Crippen LogP) is 5.07. The molecule has 1 N–H and O–H groups in total. The first kappa shape index (κ1) is 18.7. The van der Waals surface area contributed by atoms with E-state index in [4.69, 9.17) is 4.74 Å². The van der Waals surface area contributed by atoms with Crippen LogP contribution >= 0.6 is 11.3 Å². The average molecular weight is 393 g/mol. The minimum absolute atomic E-state index is 0.0602. The van der Waals surface area contributed by atoms with Crippen molar-refractivity contribution in [3.63, 3.8) is 0 Å². The molecule has 1 aliphatic heterocycles. The molecule has 1 aromatic heterocycles. The Morgan fingerprint density at radius 1 is 1.07 bits per heavy atom. The van der Waals surface area contributed by atoms with Crippen LogP contribution in [0.25, 0.3) is 11.1 Å². The summed E-state index contributed by atoms with van der Waals surface area (Å²) in [4.78, 5) is 16.0. The largest absolute Gasteiger partial charge is 0.378 e. The summed E-state index contributed by atoms with van der Waals surface area (Å²) < 4.78 is 5.51. The molecule has 0 radical (unpaired) electrons. The number of nitrogens with zero attached hydrogens (tertiary/aromatic N) is 1. The van der Waals surface area contributed by atoms with Crippen molar-refractivity contribution in [1.29, 1.82) is 0 Å². The Morgan fingerprint density at radius 2 is 1.86 bits per heavy atom. The second kappa shape index (κ2) is 8.59. The number of rotatable bonds is 5. The Labute approximate surface area is 169 Å². The summed E-state index contributed by atoms with van der Waals surface area (Å²) >= 11 is 1.56. The van der Waals surface area contributed by atoms with Crippen LogP contribution in [0.1, 0.15) is 22.2 Å². The molecule has 1 fully saturated rings. The lowest BCUT2D eigenvalue weighted by Gasteiger charge is -2.28. The topological polar surface area (TPSA) is 41.6 Å². The molecular weight excluding hydrogens is 368 g/mol. The summed E-state index contributed by atoms with van der Waals surface area (Å²) in [6.07, 6.45) is 0.946. The van der Waals surface area contributed by atoms with E-state index in [1.54, 1.807) is 11.3 Å². The van der Waals surface area contributed by atoms with E-state index in [-0.39, 0.29) is 5.91 Å². The smallest absolute Gasteiger partial charge is 0.265 e. The van der Waals surface area contributed by atoms with E-state index in [0.29, 0.717) is 0 Å². The Morgan fingerprint density at radius 3 is 2.61 bits per heavy atom. The van der Waals surface area contributed by atoms with Crippen LogP contribution in [0.3, 0.4) is 0 Å². The summed E-state index contributed by atoms with van der Waals surface area (Å²) in [7, 11) is 0. The molecule has 0 spiro atoms. The number of carbonyl (C=O) groups is 1. The van der Waals surface area contributed by atoms with Gasteiger partial charge in [0.15, 0.2) is 0 Å². The second-order valence-electron chi connectivity index (χ2n) is 6.80. The van der Waals surface area contributed by atoms with Crippen LogP contribution in [0.4, 0.5) is 10.7 Å². The number of morpholine rings is 1. The van der Waals surface area contributed by atoms with E-state index in [9.17, 15) is 4.79 Å². The quantitative estimate of drug-likeness (QED) is 0.659. The first-order valence-corrected chi connectivity index (χ1v) is 10.5. The zero-order chi connectivity index (χ0) is 19.3. The third-order valence-corrected chi connectivity index (χ3v) is 6.11. The Kier molecular flexibility index (Phi) is 5.74. The lowest BCUT2D eigenvalue weighted by Crippen LogP contribution is -2.35. The van der Waals surface area contributed by atoms with Gasteiger partial charge in [-0.15, -0.1) is 11.3 Å². The molecule has 1 saturated heterocycles. The lowest BCUT2D eigenvalue weighted by molar-refractivity contribution is 0.103. The summed E-state index contributed by atoms with van der Waals surface area (Å²) in [6.45, 7) is 5.25. The maximum absolute atomic E-state index is 12.9. The predicted molar refractivity (Wildman–Crippen MR) is 117 cm³/mol. The van der Waals surface area contributed by atoms with Gasteiger partial charge >= 0.3 is 0 Å². The highest BCUT2D eigenvalue weighted by Gasteiger charge is 2.22. The summed E-state index contributed by atoms with van der Waals surface area (Å²) in [6, 6.07) is 20.3. The van der Waals surface area contributed by atoms with E-state index in [1.807, 2.05) is 42.5 Å². The molecule has 4 rings (SSSR count). The Balaban J connectivity index is 1.65. The minimum atomic E-state index is -0.0602. The zero-order valence-electron chi connectivity index (χ0n) is 16.0. The van der Waals surface area contributed by atoms with Gasteiger partial charge in [-0.1, -0.05) is 49.4 Å². The van der Waals surface area contributed by atoms with Gasteiger partial charge in [0.05, 0.1) is 23.1 Å². The van der Waals surface area contributed by atoms with Gasteiger partial charge in [0.25, 0.3) is 5.91 Å². The molecule has 0 bridgehead atoms. The molecule has 0 saturated carbocycles. The first-order valence-electron chi connectivity index (χ1n) is 9.67. The molecule has 0 atom stereocenters. The second-order valence-corrected chi connectivity index (χ2v) is 7.83. The average Bonchev–Trinajstić information content (AvgIpc) is 3.21. The third kappa shape index (κ3) is 4.11. The number of carbonyl (C=O) groups excluding carboxylic acids is 1. The molecule has 0 unspecified atom stereocenters. The molecule has 1 amide bonds. The highest BCUT2D eigenvalue weighted by atomic mass is 32.1. The molecule has 4 nitrogen and oxygen atoms in total. The van der Waals surface area contributed by atoms with Crippen LogP contribution < -0.4 is 10.2 Å². The molecule has 2 heterocycles. The SMILES string of the molecule is CCc1cccc(NC(=O)c2cc(-c3ccccc3)c(N3CCOCC3)s2)c1. The van der Waals surface area contributed by atoms with Gasteiger partial charge in [0.2, 0.25) is 0 Å². The number of hydrogen-bond donors (Lipinski definition) is 1. The summed E-state index contributed by atoms with van der Waals surface area (Å²) in [5.74, 6) is -0.0602. The van der Waals surface area contributed by atoms with Gasteiger partial charge in [-0.2, -0.15) is 0 Å². The highest BCUT2D eigenvalue weighted by Crippen LogP contribution is 2.39. The number of ether oxygens (including phenoxy) is 1. The van der Waals surface area contributed by atoms with E-state index in [1.165, 1.54) is 5.56 Å². The first-order chi connectivity index (χ1) is 13.7. The normalized spacial score (nSPS) is 14.1. The number of aryl methyl sites for hydroxylation is 1. The van der Waals surface area contributed by atoms with Gasteiger partial charge in [-0.3, -0.25) is 4.79 Å². The van der Waals surface area contributed by atoms with E-state index in [0.717, 1.165) is 59.4 Å². The Bertz CT molecular complexity index is 946. The van der Waals surface area contributed by atoms with Crippen LogP contribution in [0.5, 0.6) is 0 Å². The van der Waals surface area contributed by atoms with Crippen LogP contribution in [0, 0.1) is 0 Å². The molecule has 28 heavy (non-hydrogen) atoms. The molecule has 1 aliphatic rings. The van der Waals surface area contributed by atoms with E-state index in [2.05, 4.69) is 35.3 Å². The van der Waals surface area contributed by atoms with Crippen molar-refractivity contribution in [2.45, 2.75) is 13.3 Å². The van der Waals surface area contributed by atoms with Gasteiger partial charge < -0.3 is 15.0 Å². The van der Waals surface area contributed by atoms with Crippen LogP contribution in [0.2, 0.25) is 0 Å². The van der Waals surface area contributed by atoms with Crippen molar-refractivity contribution < 1.29 is 9.53 Å². The van der Waals surface area contributed by atoms with Crippen LogP contribution in [0.15, 0.2) is 60.7 Å². The molecule has 3 aromatic rings. The Hall–Kier alpha value is -2.63. The van der Waals surface area contributed by atoms with Gasteiger partial charge in [-0.25, -0.2) is 0 Å². The molecular formula is C23H24N2O2S. The summed E-state index contributed by atoms with van der Waals surface area (Å²) in [5, 5.41) is 4.20. The molecule has 5 heteroatoms. The highest BCUT2D eigenvalue weighted by molar-refractivity contribution is 7.18. The standard InChI is InChI=1S/C23H24N2O2S/c1-2-17-7-6-10-19(15-17)24-22(26)21-16-20(18-8-4-3-5-9-18)23(28-21)25-11-13-27-14-12-25/h3-10,15-16H,2,11-14H2,1H3,(H,24,26). The third-order valence-electron chi connectivity index (χ3n) is 4.91. The van der Waals surface area contributed by atoms with E-state index < -0.39 is 0 Å². The maximum Gasteiger partial charge on any atom is 0.265 e. The van der Waals surface area contributed by atoms with Crippen molar-refractivity contribution in [1.82, 2.24) is 0 Å². The number of hydrogen-bond acceptors (Lipinski definition) is 4. The van der Waals surface area contributed by atoms with E-state index >= 15 is 0 Å². The molecule has 144 valence electrons.